The number of nitrogens with zero attached hydrogens (tertiary/aromatic N) is 1. The lowest BCUT2D eigenvalue weighted by molar-refractivity contribution is -0.144. The minimum absolute atomic E-state index is 0.327. The Morgan fingerprint density at radius 2 is 2.05 bits per heavy atom. The zero-order valence-electron chi connectivity index (χ0n) is 11.3. The van der Waals surface area contributed by atoms with Crippen LogP contribution in [0.3, 0.4) is 0 Å². The fraction of sp³-hybridized carbons (Fsp3) is 0.357. The normalized spacial score (nSPS) is 19.0. The summed E-state index contributed by atoms with van der Waals surface area (Å²) >= 11 is 1.53. The van der Waals surface area contributed by atoms with Gasteiger partial charge in [-0.1, -0.05) is 18.2 Å². The second-order valence-electron chi connectivity index (χ2n) is 4.62. The zero-order chi connectivity index (χ0) is 15.2. The van der Waals surface area contributed by atoms with Crippen molar-refractivity contribution < 1.29 is 19.5 Å². The highest BCUT2D eigenvalue weighted by atomic mass is 32.2. The number of carboxylic acids is 1. The SMILES string of the molecule is O=C(O)CN1CCSCC(NC(=O)c2ccccc2)C1=O. The van der Waals surface area contributed by atoms with Gasteiger partial charge in [0.25, 0.3) is 5.91 Å². The lowest BCUT2D eigenvalue weighted by atomic mass is 10.2. The summed E-state index contributed by atoms with van der Waals surface area (Å²) in [5.74, 6) is -0.605. The third-order valence-corrected chi connectivity index (χ3v) is 4.11. The molecule has 7 heteroatoms. The maximum Gasteiger partial charge on any atom is 0.323 e. The predicted octanol–water partition coefficient (Wildman–Crippen LogP) is 0.445. The van der Waals surface area contributed by atoms with E-state index in [4.69, 9.17) is 5.11 Å². The van der Waals surface area contributed by atoms with Crippen LogP contribution in [0, 0.1) is 0 Å². The molecule has 2 amide bonds. The molecular formula is C14H16N2O4S. The number of thioether (sulfide) groups is 1. The van der Waals surface area contributed by atoms with Crippen LogP contribution in [0.15, 0.2) is 30.3 Å². The van der Waals surface area contributed by atoms with Crippen LogP contribution in [0.2, 0.25) is 0 Å². The molecule has 1 fully saturated rings. The molecule has 0 aliphatic carbocycles. The van der Waals surface area contributed by atoms with Crippen molar-refractivity contribution in [1.29, 1.82) is 0 Å². The van der Waals surface area contributed by atoms with Crippen LogP contribution >= 0.6 is 11.8 Å². The molecule has 1 saturated heterocycles. The van der Waals surface area contributed by atoms with Gasteiger partial charge in [0.2, 0.25) is 5.91 Å². The highest BCUT2D eigenvalue weighted by molar-refractivity contribution is 7.99. The first-order valence-corrected chi connectivity index (χ1v) is 7.67. The van der Waals surface area contributed by atoms with E-state index in [9.17, 15) is 14.4 Å². The summed E-state index contributed by atoms with van der Waals surface area (Å²) in [6.07, 6.45) is 0. The summed E-state index contributed by atoms with van der Waals surface area (Å²) in [4.78, 5) is 36.4. The molecule has 1 aromatic rings. The van der Waals surface area contributed by atoms with Crippen molar-refractivity contribution in [3.05, 3.63) is 35.9 Å². The van der Waals surface area contributed by atoms with E-state index < -0.39 is 12.0 Å². The Bertz CT molecular complexity index is 535. The highest BCUT2D eigenvalue weighted by Crippen LogP contribution is 2.13. The first-order chi connectivity index (χ1) is 10.1. The smallest absolute Gasteiger partial charge is 0.323 e. The fourth-order valence-electron chi connectivity index (χ4n) is 2.03. The Labute approximate surface area is 126 Å². The average molecular weight is 308 g/mol. The average Bonchev–Trinajstić information content (AvgIpc) is 2.63. The van der Waals surface area contributed by atoms with Crippen molar-refractivity contribution >= 4 is 29.5 Å². The number of hydrogen-bond donors (Lipinski definition) is 2. The number of benzene rings is 1. The molecule has 2 rings (SSSR count). The van der Waals surface area contributed by atoms with Crippen LogP contribution in [0.4, 0.5) is 0 Å². The number of aliphatic carboxylic acids is 1. The first-order valence-electron chi connectivity index (χ1n) is 6.52. The van der Waals surface area contributed by atoms with Crippen molar-refractivity contribution in [2.24, 2.45) is 0 Å². The molecule has 1 aliphatic rings. The largest absolute Gasteiger partial charge is 0.480 e. The molecule has 21 heavy (non-hydrogen) atoms. The van der Waals surface area contributed by atoms with E-state index in [1.807, 2.05) is 0 Å². The van der Waals surface area contributed by atoms with Gasteiger partial charge < -0.3 is 15.3 Å². The van der Waals surface area contributed by atoms with Crippen LogP contribution in [0.1, 0.15) is 10.4 Å². The molecule has 112 valence electrons. The van der Waals surface area contributed by atoms with E-state index in [2.05, 4.69) is 5.32 Å². The Morgan fingerprint density at radius 1 is 1.33 bits per heavy atom. The molecular weight excluding hydrogens is 292 g/mol. The molecule has 0 bridgehead atoms. The van der Waals surface area contributed by atoms with Crippen LogP contribution in [0.5, 0.6) is 0 Å². The predicted molar refractivity (Wildman–Crippen MR) is 79.2 cm³/mol. The Morgan fingerprint density at radius 3 is 2.71 bits per heavy atom. The number of nitrogens with one attached hydrogen (secondary N) is 1. The van der Waals surface area contributed by atoms with Crippen LogP contribution in [0.25, 0.3) is 0 Å². The molecule has 0 aromatic heterocycles. The van der Waals surface area contributed by atoms with E-state index in [1.54, 1.807) is 30.3 Å². The van der Waals surface area contributed by atoms with Crippen molar-refractivity contribution in [2.45, 2.75) is 6.04 Å². The molecule has 6 nitrogen and oxygen atoms in total. The number of amides is 2. The van der Waals surface area contributed by atoms with Gasteiger partial charge in [0.05, 0.1) is 0 Å². The molecule has 1 aromatic carbocycles. The topological polar surface area (TPSA) is 86.7 Å². The van der Waals surface area contributed by atoms with Crippen molar-refractivity contribution in [2.75, 3.05) is 24.6 Å². The van der Waals surface area contributed by atoms with E-state index in [-0.39, 0.29) is 18.4 Å². The molecule has 1 aliphatic heterocycles. The number of rotatable bonds is 4. The van der Waals surface area contributed by atoms with Crippen molar-refractivity contribution in [3.63, 3.8) is 0 Å². The van der Waals surface area contributed by atoms with Crippen LogP contribution in [-0.2, 0) is 9.59 Å². The van der Waals surface area contributed by atoms with Gasteiger partial charge >= 0.3 is 5.97 Å². The summed E-state index contributed by atoms with van der Waals surface area (Å²) in [5.41, 5.74) is 0.476. The first kappa shape index (κ1) is 15.4. The molecule has 1 heterocycles. The van der Waals surface area contributed by atoms with Gasteiger partial charge in [-0.15, -0.1) is 0 Å². The van der Waals surface area contributed by atoms with Gasteiger partial charge in [-0.3, -0.25) is 14.4 Å². The molecule has 0 spiro atoms. The van der Waals surface area contributed by atoms with Crippen LogP contribution < -0.4 is 5.32 Å². The van der Waals surface area contributed by atoms with Gasteiger partial charge in [0, 0.05) is 23.6 Å². The number of carboxylic acid groups (broad SMARTS) is 1. The highest BCUT2D eigenvalue weighted by Gasteiger charge is 2.29. The zero-order valence-corrected chi connectivity index (χ0v) is 12.1. The Kier molecular flexibility index (Phi) is 5.21. The van der Waals surface area contributed by atoms with E-state index in [0.717, 1.165) is 0 Å². The van der Waals surface area contributed by atoms with Gasteiger partial charge in [-0.25, -0.2) is 0 Å². The summed E-state index contributed by atoms with van der Waals surface area (Å²) in [6.45, 7) is 0.0462. The number of hydrogen-bond acceptors (Lipinski definition) is 4. The van der Waals surface area contributed by atoms with Crippen LogP contribution in [-0.4, -0.2) is 58.4 Å². The minimum Gasteiger partial charge on any atom is -0.480 e. The lowest BCUT2D eigenvalue weighted by Gasteiger charge is -2.22. The second-order valence-corrected chi connectivity index (χ2v) is 5.77. The molecule has 2 N–H and O–H groups in total. The molecule has 0 saturated carbocycles. The Balaban J connectivity index is 2.05. The molecule has 1 unspecified atom stereocenters. The van der Waals surface area contributed by atoms with E-state index >= 15 is 0 Å². The maximum absolute atomic E-state index is 12.3. The summed E-state index contributed by atoms with van der Waals surface area (Å²) < 4.78 is 0. The monoisotopic (exact) mass is 308 g/mol. The number of carbonyl (C=O) groups is 3. The van der Waals surface area contributed by atoms with Gasteiger partial charge in [0.1, 0.15) is 12.6 Å². The molecule has 1 atom stereocenters. The van der Waals surface area contributed by atoms with Gasteiger partial charge in [-0.2, -0.15) is 11.8 Å². The number of carbonyl (C=O) groups excluding carboxylic acids is 2. The molecule has 0 radical (unpaired) electrons. The summed E-state index contributed by atoms with van der Waals surface area (Å²) in [6, 6.07) is 7.93. The lowest BCUT2D eigenvalue weighted by Crippen LogP contribution is -2.50. The fourth-order valence-corrected chi connectivity index (χ4v) is 3.01. The van der Waals surface area contributed by atoms with Gasteiger partial charge in [0.15, 0.2) is 0 Å². The maximum atomic E-state index is 12.3. The van der Waals surface area contributed by atoms with E-state index in [1.165, 1.54) is 16.7 Å². The second kappa shape index (κ2) is 7.12. The van der Waals surface area contributed by atoms with Crippen molar-refractivity contribution in [1.82, 2.24) is 10.2 Å². The summed E-state index contributed by atoms with van der Waals surface area (Å²) in [5, 5.41) is 11.5. The summed E-state index contributed by atoms with van der Waals surface area (Å²) in [7, 11) is 0. The minimum atomic E-state index is -1.05. The van der Waals surface area contributed by atoms with E-state index in [0.29, 0.717) is 23.6 Å². The quantitative estimate of drug-likeness (QED) is 0.843. The van der Waals surface area contributed by atoms with Crippen molar-refractivity contribution in [3.8, 4) is 0 Å². The van der Waals surface area contributed by atoms with Gasteiger partial charge in [-0.05, 0) is 12.1 Å². The third-order valence-electron chi connectivity index (χ3n) is 3.07. The third kappa shape index (κ3) is 4.22. The standard InChI is InChI=1S/C14H16N2O4S/c17-12(18)8-16-6-7-21-9-11(14(16)20)15-13(19)10-4-2-1-3-5-10/h1-5,11H,6-9H2,(H,15,19)(H,17,18). The Hall–Kier alpha value is -2.02.